The molecule has 0 saturated heterocycles. The summed E-state index contributed by atoms with van der Waals surface area (Å²) < 4.78 is 5.49. The molecule has 198 valence electrons. The van der Waals surface area contributed by atoms with E-state index < -0.39 is 0 Å². The fraction of sp³-hybridized carbons (Fsp3) is 0.152. The Morgan fingerprint density at radius 2 is 1.45 bits per heavy atom. The maximum Gasteiger partial charge on any atom is 0.261 e. The largest absolute Gasteiger partial charge is 0.494 e. The third-order valence-electron chi connectivity index (χ3n) is 7.05. The molecule has 2 amide bonds. The van der Waals surface area contributed by atoms with Crippen LogP contribution in [0.25, 0.3) is 21.5 Å². The van der Waals surface area contributed by atoms with Crippen molar-refractivity contribution in [2.75, 3.05) is 25.0 Å². The van der Waals surface area contributed by atoms with E-state index >= 15 is 0 Å². The van der Waals surface area contributed by atoms with Crippen LogP contribution in [0.4, 0.5) is 17.1 Å². The van der Waals surface area contributed by atoms with E-state index in [0.717, 1.165) is 44.4 Å². The van der Waals surface area contributed by atoms with Crippen molar-refractivity contribution in [2.45, 2.75) is 13.3 Å². The lowest BCUT2D eigenvalue weighted by molar-refractivity contribution is 0.0610. The minimum absolute atomic E-state index is 0.234. The van der Waals surface area contributed by atoms with Gasteiger partial charge in [-0.05, 0) is 67.3 Å². The summed E-state index contributed by atoms with van der Waals surface area (Å²) in [5.74, 6) is 0.336. The van der Waals surface area contributed by atoms with E-state index in [0.29, 0.717) is 37.2 Å². The monoisotopic (exact) mass is 528 g/mol. The van der Waals surface area contributed by atoms with Crippen LogP contribution in [0.5, 0.6) is 5.75 Å². The van der Waals surface area contributed by atoms with Crippen molar-refractivity contribution in [3.8, 4) is 5.75 Å². The number of hydrogen-bond donors (Lipinski definition) is 1. The molecule has 40 heavy (non-hydrogen) atoms. The van der Waals surface area contributed by atoms with Crippen LogP contribution >= 0.6 is 0 Å². The third-order valence-corrected chi connectivity index (χ3v) is 7.05. The van der Waals surface area contributed by atoms with E-state index in [1.54, 1.807) is 12.1 Å². The van der Waals surface area contributed by atoms with E-state index in [9.17, 15) is 9.59 Å². The van der Waals surface area contributed by atoms with Gasteiger partial charge in [0.1, 0.15) is 5.75 Å². The molecule has 0 spiro atoms. The Balaban J connectivity index is 1.14. The highest BCUT2D eigenvalue weighted by Crippen LogP contribution is 2.33. The maximum absolute atomic E-state index is 13.2. The summed E-state index contributed by atoms with van der Waals surface area (Å²) in [6, 6.07) is 30.7. The van der Waals surface area contributed by atoms with Crippen molar-refractivity contribution >= 4 is 50.4 Å². The highest BCUT2D eigenvalue weighted by atomic mass is 16.5. The molecule has 0 unspecified atom stereocenters. The molecule has 0 saturated carbocycles. The standard InChI is InChI=1S/C33H28N4O3/c1-2-40-24-16-14-23(15-17-24)35-36-30-19-18-29(25-10-3-4-11-26(25)30)34-20-7-21-37-32(38)27-12-5-8-22-9-6-13-28(31(22)27)33(37)39/h3-6,8-19,34H,2,7,20-21H2,1H3/b36-35+. The van der Waals surface area contributed by atoms with E-state index in [1.807, 2.05) is 91.9 Å². The molecule has 1 aliphatic rings. The molecule has 0 aromatic heterocycles. The molecule has 0 radical (unpaired) electrons. The number of hydrogen-bond acceptors (Lipinski definition) is 6. The number of fused-ring (bicyclic) bond motifs is 1. The van der Waals surface area contributed by atoms with Crippen LogP contribution in [0.15, 0.2) is 107 Å². The van der Waals surface area contributed by atoms with E-state index in [-0.39, 0.29) is 11.8 Å². The number of imide groups is 1. The van der Waals surface area contributed by atoms with Gasteiger partial charge in [0.05, 0.1) is 18.0 Å². The SMILES string of the molecule is CCOc1ccc(/N=N/c2ccc(NCCCN3C(=O)c4cccc5cccc(c45)C3=O)c3ccccc23)cc1. The van der Waals surface area contributed by atoms with Crippen LogP contribution in [0, 0.1) is 0 Å². The summed E-state index contributed by atoms with van der Waals surface area (Å²) in [5.41, 5.74) is 3.65. The van der Waals surface area contributed by atoms with Crippen molar-refractivity contribution < 1.29 is 14.3 Å². The minimum Gasteiger partial charge on any atom is -0.494 e. The van der Waals surface area contributed by atoms with Crippen molar-refractivity contribution in [1.29, 1.82) is 0 Å². The van der Waals surface area contributed by atoms with Crippen LogP contribution in [0.3, 0.4) is 0 Å². The first kappa shape index (κ1) is 25.2. The third kappa shape index (κ3) is 4.78. The molecule has 0 aliphatic carbocycles. The fourth-order valence-electron chi connectivity index (χ4n) is 5.16. The van der Waals surface area contributed by atoms with Gasteiger partial charge in [-0.1, -0.05) is 48.5 Å². The number of carbonyl (C=O) groups is 2. The smallest absolute Gasteiger partial charge is 0.261 e. The van der Waals surface area contributed by atoms with Gasteiger partial charge in [-0.3, -0.25) is 14.5 Å². The number of amides is 2. The highest BCUT2D eigenvalue weighted by Gasteiger charge is 2.32. The number of rotatable bonds is 9. The number of nitrogens with one attached hydrogen (secondary N) is 1. The van der Waals surface area contributed by atoms with Gasteiger partial charge in [0.15, 0.2) is 0 Å². The Morgan fingerprint density at radius 3 is 2.15 bits per heavy atom. The summed E-state index contributed by atoms with van der Waals surface area (Å²) in [4.78, 5) is 27.7. The van der Waals surface area contributed by atoms with Gasteiger partial charge >= 0.3 is 0 Å². The van der Waals surface area contributed by atoms with Crippen molar-refractivity contribution in [1.82, 2.24) is 4.90 Å². The number of azo groups is 1. The molecule has 0 fully saturated rings. The van der Waals surface area contributed by atoms with Crippen LogP contribution in [-0.2, 0) is 0 Å². The number of carbonyl (C=O) groups excluding carboxylic acids is 2. The summed E-state index contributed by atoms with van der Waals surface area (Å²) >= 11 is 0. The molecule has 1 heterocycles. The van der Waals surface area contributed by atoms with Gasteiger partial charge in [-0.15, -0.1) is 5.11 Å². The zero-order valence-corrected chi connectivity index (χ0v) is 22.1. The molecule has 0 atom stereocenters. The van der Waals surface area contributed by atoms with Crippen LogP contribution in [-0.4, -0.2) is 36.4 Å². The Kier molecular flexibility index (Phi) is 6.93. The lowest BCUT2D eigenvalue weighted by Gasteiger charge is -2.27. The summed E-state index contributed by atoms with van der Waals surface area (Å²) in [6.07, 6.45) is 0.614. The highest BCUT2D eigenvalue weighted by molar-refractivity contribution is 6.25. The van der Waals surface area contributed by atoms with Gasteiger partial charge in [0.2, 0.25) is 0 Å². The topological polar surface area (TPSA) is 83.4 Å². The first-order chi connectivity index (χ1) is 19.6. The number of benzene rings is 5. The Hall–Kier alpha value is -5.04. The number of nitrogens with zero attached hydrogens (tertiary/aromatic N) is 3. The average Bonchev–Trinajstić information content (AvgIpc) is 2.99. The van der Waals surface area contributed by atoms with Gasteiger partial charge < -0.3 is 10.1 Å². The Morgan fingerprint density at radius 1 is 0.750 bits per heavy atom. The van der Waals surface area contributed by atoms with Gasteiger partial charge in [-0.25, -0.2) is 0 Å². The van der Waals surface area contributed by atoms with Gasteiger partial charge in [0.25, 0.3) is 11.8 Å². The first-order valence-electron chi connectivity index (χ1n) is 13.4. The Bertz CT molecular complexity index is 1710. The molecule has 7 heteroatoms. The molecular weight excluding hydrogens is 500 g/mol. The zero-order chi connectivity index (χ0) is 27.5. The predicted molar refractivity (Wildman–Crippen MR) is 158 cm³/mol. The molecular formula is C33H28N4O3. The lowest BCUT2D eigenvalue weighted by Crippen LogP contribution is -2.41. The predicted octanol–water partition coefficient (Wildman–Crippen LogP) is 7.91. The van der Waals surface area contributed by atoms with Crippen molar-refractivity contribution in [2.24, 2.45) is 10.2 Å². The molecule has 7 nitrogen and oxygen atoms in total. The second-order valence-corrected chi connectivity index (χ2v) is 9.56. The van der Waals surface area contributed by atoms with E-state index in [2.05, 4.69) is 15.5 Å². The van der Waals surface area contributed by atoms with E-state index in [4.69, 9.17) is 4.74 Å². The van der Waals surface area contributed by atoms with E-state index in [1.165, 1.54) is 4.90 Å². The van der Waals surface area contributed by atoms with Crippen LogP contribution in [0.1, 0.15) is 34.1 Å². The summed E-state index contributed by atoms with van der Waals surface area (Å²) in [6.45, 7) is 3.50. The quantitative estimate of drug-likeness (QED) is 0.120. The van der Waals surface area contributed by atoms with Crippen LogP contribution < -0.4 is 10.1 Å². The molecule has 1 N–H and O–H groups in total. The van der Waals surface area contributed by atoms with Crippen molar-refractivity contribution in [3.05, 3.63) is 108 Å². The second-order valence-electron chi connectivity index (χ2n) is 9.56. The minimum atomic E-state index is -0.234. The first-order valence-corrected chi connectivity index (χ1v) is 13.4. The molecule has 0 bridgehead atoms. The fourth-order valence-corrected chi connectivity index (χ4v) is 5.16. The van der Waals surface area contributed by atoms with Gasteiger partial charge in [0, 0.05) is 46.1 Å². The molecule has 1 aliphatic heterocycles. The van der Waals surface area contributed by atoms with Crippen molar-refractivity contribution in [3.63, 3.8) is 0 Å². The summed E-state index contributed by atoms with van der Waals surface area (Å²) in [5, 5.41) is 16.1. The molecule has 5 aromatic carbocycles. The molecule has 5 aromatic rings. The normalized spacial score (nSPS) is 13.0. The second kappa shape index (κ2) is 11.0. The molecule has 6 rings (SSSR count). The number of anilines is 1. The Labute approximate surface area is 232 Å². The maximum atomic E-state index is 13.2. The zero-order valence-electron chi connectivity index (χ0n) is 22.1. The summed E-state index contributed by atoms with van der Waals surface area (Å²) in [7, 11) is 0. The lowest BCUT2D eigenvalue weighted by atomic mass is 9.94. The number of ether oxygens (including phenoxy) is 1. The average molecular weight is 529 g/mol. The van der Waals surface area contributed by atoms with Gasteiger partial charge in [-0.2, -0.15) is 5.11 Å². The van der Waals surface area contributed by atoms with Crippen LogP contribution in [0.2, 0.25) is 0 Å².